The molecule has 1 heterocycles. The molecule has 108 valence electrons. The van der Waals surface area contributed by atoms with Crippen molar-refractivity contribution in [1.29, 1.82) is 0 Å². The highest BCUT2D eigenvalue weighted by atomic mass is 32.2. The van der Waals surface area contributed by atoms with Crippen LogP contribution in [0.15, 0.2) is 23.1 Å². The number of thioether (sulfide) groups is 1. The minimum atomic E-state index is -0.0268. The first-order valence-electron chi connectivity index (χ1n) is 7.27. The Kier molecular flexibility index (Phi) is 4.86. The number of amides is 1. The molecule has 20 heavy (non-hydrogen) atoms. The van der Waals surface area contributed by atoms with Crippen molar-refractivity contribution < 1.29 is 9.59 Å². The van der Waals surface area contributed by atoms with Crippen LogP contribution < -0.4 is 4.90 Å². The number of rotatable bonds is 5. The van der Waals surface area contributed by atoms with Crippen molar-refractivity contribution in [3.05, 3.63) is 23.8 Å². The van der Waals surface area contributed by atoms with E-state index in [4.69, 9.17) is 0 Å². The smallest absolute Gasteiger partial charge is 0.240 e. The van der Waals surface area contributed by atoms with Gasteiger partial charge in [0.15, 0.2) is 5.78 Å². The lowest BCUT2D eigenvalue weighted by molar-refractivity contribution is -0.118. The molecular formula is C16H21NO2S. The summed E-state index contributed by atoms with van der Waals surface area (Å²) in [7, 11) is 0. The molecule has 4 heteroatoms. The van der Waals surface area contributed by atoms with Gasteiger partial charge < -0.3 is 4.90 Å². The summed E-state index contributed by atoms with van der Waals surface area (Å²) in [5, 5.41) is -0.0268. The van der Waals surface area contributed by atoms with E-state index in [0.717, 1.165) is 35.5 Å². The number of nitrogens with zero attached hydrogens (tertiary/aromatic N) is 1. The Hall–Kier alpha value is -1.29. The third-order valence-corrected chi connectivity index (χ3v) is 4.92. The van der Waals surface area contributed by atoms with Crippen molar-refractivity contribution in [1.82, 2.24) is 0 Å². The quantitative estimate of drug-likeness (QED) is 0.772. The molecule has 0 fully saturated rings. The van der Waals surface area contributed by atoms with Crippen LogP contribution >= 0.6 is 11.8 Å². The van der Waals surface area contributed by atoms with Crippen LogP contribution in [0, 0.1) is 0 Å². The molecule has 0 aliphatic carbocycles. The third kappa shape index (κ3) is 2.75. The van der Waals surface area contributed by atoms with Crippen LogP contribution in [-0.4, -0.2) is 23.5 Å². The van der Waals surface area contributed by atoms with Gasteiger partial charge in [-0.15, -0.1) is 11.8 Å². The van der Waals surface area contributed by atoms with Gasteiger partial charge >= 0.3 is 0 Å². The second kappa shape index (κ2) is 6.44. The number of Topliss-reactive ketones (excluding diaryl/α,β-unsaturated/α-hetero) is 1. The Morgan fingerprint density at radius 3 is 2.65 bits per heavy atom. The summed E-state index contributed by atoms with van der Waals surface area (Å²) < 4.78 is 0. The molecule has 1 atom stereocenters. The monoisotopic (exact) mass is 291 g/mol. The fourth-order valence-electron chi connectivity index (χ4n) is 2.42. The minimum Gasteiger partial charge on any atom is -0.310 e. The van der Waals surface area contributed by atoms with E-state index >= 15 is 0 Å². The van der Waals surface area contributed by atoms with E-state index in [1.807, 2.05) is 36.9 Å². The first-order valence-corrected chi connectivity index (χ1v) is 8.15. The molecule has 1 aromatic rings. The van der Waals surface area contributed by atoms with Gasteiger partial charge in [0.1, 0.15) is 0 Å². The molecule has 0 saturated carbocycles. The molecule has 3 nitrogen and oxygen atoms in total. The van der Waals surface area contributed by atoms with Crippen molar-refractivity contribution in [2.45, 2.75) is 50.2 Å². The topological polar surface area (TPSA) is 37.4 Å². The number of ketones is 1. The van der Waals surface area contributed by atoms with E-state index in [-0.39, 0.29) is 16.9 Å². The zero-order valence-electron chi connectivity index (χ0n) is 12.3. The highest BCUT2D eigenvalue weighted by Crippen LogP contribution is 2.41. The summed E-state index contributed by atoms with van der Waals surface area (Å²) in [6, 6.07) is 5.71. The maximum absolute atomic E-state index is 12.4. The van der Waals surface area contributed by atoms with Crippen LogP contribution in [0.4, 0.5) is 5.69 Å². The van der Waals surface area contributed by atoms with Crippen LogP contribution in [0.3, 0.4) is 0 Å². The summed E-state index contributed by atoms with van der Waals surface area (Å²) in [6.45, 7) is 6.72. The lowest BCUT2D eigenvalue weighted by Gasteiger charge is -2.33. The third-order valence-electron chi connectivity index (χ3n) is 3.52. The number of benzene rings is 1. The first kappa shape index (κ1) is 15.1. The van der Waals surface area contributed by atoms with Gasteiger partial charge in [0.25, 0.3) is 0 Å². The van der Waals surface area contributed by atoms with Crippen LogP contribution in [-0.2, 0) is 4.79 Å². The van der Waals surface area contributed by atoms with Crippen molar-refractivity contribution in [2.75, 3.05) is 11.4 Å². The van der Waals surface area contributed by atoms with Crippen molar-refractivity contribution in [3.63, 3.8) is 0 Å². The van der Waals surface area contributed by atoms with Crippen molar-refractivity contribution >= 4 is 29.1 Å². The normalized spacial score (nSPS) is 18.1. The highest BCUT2D eigenvalue weighted by molar-refractivity contribution is 8.01. The van der Waals surface area contributed by atoms with Gasteiger partial charge in [-0.1, -0.05) is 20.8 Å². The molecule has 1 amide bonds. The maximum atomic E-state index is 12.4. The van der Waals surface area contributed by atoms with Gasteiger partial charge in [-0.2, -0.15) is 0 Å². The summed E-state index contributed by atoms with van der Waals surface area (Å²) in [5.41, 5.74) is 1.71. The molecule has 0 spiro atoms. The number of anilines is 1. The Morgan fingerprint density at radius 1 is 1.30 bits per heavy atom. The van der Waals surface area contributed by atoms with E-state index in [1.165, 1.54) is 0 Å². The summed E-state index contributed by atoms with van der Waals surface area (Å²) >= 11 is 1.59. The Labute approximate surface area is 124 Å². The van der Waals surface area contributed by atoms with E-state index in [1.54, 1.807) is 11.8 Å². The fourth-order valence-corrected chi connectivity index (χ4v) is 3.61. The zero-order valence-corrected chi connectivity index (χ0v) is 13.1. The van der Waals surface area contributed by atoms with E-state index in [2.05, 4.69) is 6.92 Å². The zero-order chi connectivity index (χ0) is 14.7. The average molecular weight is 291 g/mol. The highest BCUT2D eigenvalue weighted by Gasteiger charge is 2.32. The summed E-state index contributed by atoms with van der Waals surface area (Å²) in [5.74, 6) is 0.349. The minimum absolute atomic E-state index is 0.0268. The average Bonchev–Trinajstić information content (AvgIpc) is 2.48. The standard InChI is InChI=1S/C16H21NO2S/c1-4-9-17-12-8-7-11(13(18)5-2)10-15(12)20-14(6-3)16(17)19/h7-8,10,14H,4-6,9H2,1-3H3. The second-order valence-electron chi connectivity index (χ2n) is 4.96. The molecule has 0 radical (unpaired) electrons. The van der Waals surface area contributed by atoms with Gasteiger partial charge in [-0.25, -0.2) is 0 Å². The molecule has 2 rings (SSSR count). The van der Waals surface area contributed by atoms with Gasteiger partial charge in [0.05, 0.1) is 10.9 Å². The molecule has 0 N–H and O–H groups in total. The largest absolute Gasteiger partial charge is 0.310 e. The molecule has 1 unspecified atom stereocenters. The maximum Gasteiger partial charge on any atom is 0.240 e. The lowest BCUT2D eigenvalue weighted by atomic mass is 10.1. The molecule has 0 aromatic heterocycles. The molecule has 0 saturated heterocycles. The van der Waals surface area contributed by atoms with E-state index < -0.39 is 0 Å². The number of fused-ring (bicyclic) bond motifs is 1. The number of hydrogen-bond acceptors (Lipinski definition) is 3. The van der Waals surface area contributed by atoms with Gasteiger partial charge in [-0.05, 0) is 31.0 Å². The summed E-state index contributed by atoms with van der Waals surface area (Å²) in [4.78, 5) is 27.2. The van der Waals surface area contributed by atoms with Gasteiger partial charge in [-0.3, -0.25) is 9.59 Å². The first-order chi connectivity index (χ1) is 9.62. The Bertz CT molecular complexity index is 527. The van der Waals surface area contributed by atoms with Crippen LogP contribution in [0.2, 0.25) is 0 Å². The fraction of sp³-hybridized carbons (Fsp3) is 0.500. The van der Waals surface area contributed by atoms with Gasteiger partial charge in [0.2, 0.25) is 5.91 Å². The van der Waals surface area contributed by atoms with Gasteiger partial charge in [0, 0.05) is 23.4 Å². The molecular weight excluding hydrogens is 270 g/mol. The van der Waals surface area contributed by atoms with Crippen molar-refractivity contribution in [3.8, 4) is 0 Å². The SMILES string of the molecule is CCCN1C(=O)C(CC)Sc2cc(C(=O)CC)ccc21. The molecule has 1 aliphatic rings. The lowest BCUT2D eigenvalue weighted by Crippen LogP contribution is -2.41. The van der Waals surface area contributed by atoms with Crippen LogP contribution in [0.1, 0.15) is 50.4 Å². The van der Waals surface area contributed by atoms with Crippen LogP contribution in [0.25, 0.3) is 0 Å². The van der Waals surface area contributed by atoms with Crippen LogP contribution in [0.5, 0.6) is 0 Å². The number of hydrogen-bond donors (Lipinski definition) is 0. The van der Waals surface area contributed by atoms with E-state index in [0.29, 0.717) is 6.42 Å². The summed E-state index contributed by atoms with van der Waals surface area (Å²) in [6.07, 6.45) is 2.26. The Morgan fingerprint density at radius 2 is 2.05 bits per heavy atom. The Balaban J connectivity index is 2.42. The number of carbonyl (C=O) groups is 2. The van der Waals surface area contributed by atoms with Crippen molar-refractivity contribution in [2.24, 2.45) is 0 Å². The second-order valence-corrected chi connectivity index (χ2v) is 6.21. The van der Waals surface area contributed by atoms with E-state index in [9.17, 15) is 9.59 Å². The molecule has 1 aliphatic heterocycles. The molecule has 1 aromatic carbocycles. The predicted molar refractivity (Wildman–Crippen MR) is 83.6 cm³/mol. The predicted octanol–water partition coefficient (Wildman–Crippen LogP) is 3.91. The number of carbonyl (C=O) groups excluding carboxylic acids is 2. The molecule has 0 bridgehead atoms.